The topological polar surface area (TPSA) is 38.7 Å². The van der Waals surface area contributed by atoms with E-state index in [9.17, 15) is 0 Å². The van der Waals surface area contributed by atoms with E-state index < -0.39 is 0 Å². The molecule has 0 fully saturated rings. The van der Waals surface area contributed by atoms with E-state index in [0.717, 1.165) is 27.5 Å². The maximum absolute atomic E-state index is 5.17. The number of hydrogen-bond donors (Lipinski definition) is 0. The number of aromatic nitrogens is 3. The summed E-state index contributed by atoms with van der Waals surface area (Å²) in [4.78, 5) is 15.3. The van der Waals surface area contributed by atoms with Crippen molar-refractivity contribution in [1.29, 1.82) is 0 Å². The van der Waals surface area contributed by atoms with E-state index in [-0.39, 0.29) is 0 Å². The van der Waals surface area contributed by atoms with Crippen molar-refractivity contribution < 1.29 is 0 Å². The lowest BCUT2D eigenvalue weighted by Crippen LogP contribution is -2.00. The quantitative estimate of drug-likeness (QED) is 0.192. The zero-order valence-electron chi connectivity index (χ0n) is 26.3. The molecule has 0 aliphatic heterocycles. The van der Waals surface area contributed by atoms with Crippen LogP contribution < -0.4 is 0 Å². The molecule has 0 saturated heterocycles. The molecule has 0 bridgehead atoms. The average molecular weight is 642 g/mol. The van der Waals surface area contributed by atoms with Crippen LogP contribution in [-0.2, 0) is 0 Å². The first kappa shape index (κ1) is 27.8. The fourth-order valence-corrected chi connectivity index (χ4v) is 8.39. The first-order chi connectivity index (χ1) is 24.3. The molecule has 10 rings (SSSR count). The van der Waals surface area contributed by atoms with Crippen molar-refractivity contribution in [2.24, 2.45) is 0 Å². The highest BCUT2D eigenvalue weighted by molar-refractivity contribution is 7.26. The van der Waals surface area contributed by atoms with Crippen molar-refractivity contribution in [3.8, 4) is 45.3 Å². The predicted octanol–water partition coefficient (Wildman–Crippen LogP) is 12.4. The summed E-state index contributed by atoms with van der Waals surface area (Å²) >= 11 is 1.86. The van der Waals surface area contributed by atoms with E-state index in [4.69, 9.17) is 15.0 Å². The molecule has 0 aliphatic rings. The first-order valence-electron chi connectivity index (χ1n) is 16.4. The van der Waals surface area contributed by atoms with Crippen LogP contribution in [0.3, 0.4) is 0 Å². The molecule has 49 heavy (non-hydrogen) atoms. The summed E-state index contributed by atoms with van der Waals surface area (Å²) in [6.45, 7) is 0. The van der Waals surface area contributed by atoms with Crippen LogP contribution in [0.1, 0.15) is 0 Å². The molecule has 0 saturated carbocycles. The van der Waals surface area contributed by atoms with Gasteiger partial charge in [-0.1, -0.05) is 146 Å². The summed E-state index contributed by atoms with van der Waals surface area (Å²) in [7, 11) is 0. The van der Waals surface area contributed by atoms with Crippen LogP contribution in [0.15, 0.2) is 164 Å². The molecule has 2 heterocycles. The zero-order chi connectivity index (χ0) is 32.3. The number of fused-ring (bicyclic) bond motifs is 6. The Balaban J connectivity index is 1.24. The molecule has 0 spiro atoms. The second kappa shape index (κ2) is 11.2. The average Bonchev–Trinajstić information content (AvgIpc) is 3.54. The van der Waals surface area contributed by atoms with Gasteiger partial charge in [0.1, 0.15) is 0 Å². The van der Waals surface area contributed by atoms with Crippen molar-refractivity contribution in [1.82, 2.24) is 15.0 Å². The van der Waals surface area contributed by atoms with Crippen molar-refractivity contribution in [3.05, 3.63) is 164 Å². The molecule has 2 aromatic heterocycles. The van der Waals surface area contributed by atoms with Crippen molar-refractivity contribution in [2.75, 3.05) is 0 Å². The smallest absolute Gasteiger partial charge is 0.164 e. The molecule has 3 nitrogen and oxygen atoms in total. The highest BCUT2D eigenvalue weighted by Gasteiger charge is 2.19. The Morgan fingerprint density at radius 3 is 1.80 bits per heavy atom. The van der Waals surface area contributed by atoms with Crippen LogP contribution in [0.25, 0.3) is 97.8 Å². The fraction of sp³-hybridized carbons (Fsp3) is 0. The maximum Gasteiger partial charge on any atom is 0.164 e. The highest BCUT2D eigenvalue weighted by atomic mass is 32.1. The minimum Gasteiger partial charge on any atom is -0.208 e. The summed E-state index contributed by atoms with van der Waals surface area (Å²) in [5, 5.41) is 9.71. The Morgan fingerprint density at radius 1 is 0.347 bits per heavy atom. The largest absolute Gasteiger partial charge is 0.208 e. The van der Waals surface area contributed by atoms with Gasteiger partial charge in [0, 0.05) is 36.9 Å². The Morgan fingerprint density at radius 2 is 0.959 bits per heavy atom. The molecular formula is C45H27N3S. The van der Waals surface area contributed by atoms with E-state index >= 15 is 0 Å². The van der Waals surface area contributed by atoms with Crippen LogP contribution in [0.5, 0.6) is 0 Å². The van der Waals surface area contributed by atoms with E-state index in [0.29, 0.717) is 17.5 Å². The van der Waals surface area contributed by atoms with Gasteiger partial charge in [0.15, 0.2) is 17.5 Å². The standard InChI is InChI=1S/C45H27N3S/c1-2-13-29(14-3-1)43-46-44(32-25-24-28-12-4-5-15-30(28)26-32)48-45(47-43)37-22-11-19-34-35(37)20-10-21-36(34)41-33-17-7-6-16-31(33)27-40-42(41)38-18-8-9-23-39(38)49-40/h1-27H. The van der Waals surface area contributed by atoms with Gasteiger partial charge in [0.2, 0.25) is 0 Å². The molecular weight excluding hydrogens is 615 g/mol. The molecule has 0 atom stereocenters. The highest BCUT2D eigenvalue weighted by Crippen LogP contribution is 2.46. The number of benzene rings is 8. The molecule has 0 N–H and O–H groups in total. The van der Waals surface area contributed by atoms with Gasteiger partial charge in [-0.05, 0) is 61.6 Å². The monoisotopic (exact) mass is 641 g/mol. The van der Waals surface area contributed by atoms with Crippen LogP contribution in [0, 0.1) is 0 Å². The Kier molecular flexibility index (Phi) is 6.36. The van der Waals surface area contributed by atoms with Crippen molar-refractivity contribution >= 4 is 63.8 Å². The summed E-state index contributed by atoms with van der Waals surface area (Å²) < 4.78 is 2.60. The lowest BCUT2D eigenvalue weighted by molar-refractivity contribution is 1.08. The van der Waals surface area contributed by atoms with Crippen LogP contribution in [0.2, 0.25) is 0 Å². The predicted molar refractivity (Wildman–Crippen MR) is 207 cm³/mol. The zero-order valence-corrected chi connectivity index (χ0v) is 27.2. The summed E-state index contributed by atoms with van der Waals surface area (Å²) in [5.41, 5.74) is 5.37. The molecule has 228 valence electrons. The third kappa shape index (κ3) is 4.61. The molecule has 0 radical (unpaired) electrons. The number of thiophene rings is 1. The van der Waals surface area contributed by atoms with Gasteiger partial charge in [-0.2, -0.15) is 0 Å². The normalized spacial score (nSPS) is 11.7. The Bertz CT molecular complexity index is 2890. The second-order valence-electron chi connectivity index (χ2n) is 12.4. The number of rotatable bonds is 4. The molecule has 0 amide bonds. The van der Waals surface area contributed by atoms with E-state index in [1.807, 2.05) is 29.5 Å². The molecule has 10 aromatic rings. The molecule has 4 heteroatoms. The van der Waals surface area contributed by atoms with Crippen LogP contribution in [-0.4, -0.2) is 15.0 Å². The van der Waals surface area contributed by atoms with E-state index in [1.54, 1.807) is 0 Å². The van der Waals surface area contributed by atoms with Gasteiger partial charge < -0.3 is 0 Å². The van der Waals surface area contributed by atoms with E-state index in [1.165, 1.54) is 52.8 Å². The summed E-state index contributed by atoms with van der Waals surface area (Å²) in [6.07, 6.45) is 0. The maximum atomic E-state index is 5.17. The molecule has 8 aromatic carbocycles. The van der Waals surface area contributed by atoms with Crippen molar-refractivity contribution in [2.45, 2.75) is 0 Å². The summed E-state index contributed by atoms with van der Waals surface area (Å²) in [5.74, 6) is 1.97. The second-order valence-corrected chi connectivity index (χ2v) is 13.5. The van der Waals surface area contributed by atoms with Gasteiger partial charge in [0.05, 0.1) is 0 Å². The SMILES string of the molecule is c1ccc(-c2nc(-c3ccc4ccccc4c3)nc(-c3cccc4c(-c5c6ccccc6cc6sc7ccccc7c56)cccc34)n2)cc1. The Labute approximate surface area is 286 Å². The van der Waals surface area contributed by atoms with Gasteiger partial charge in [-0.25, -0.2) is 15.0 Å². The lowest BCUT2D eigenvalue weighted by atomic mass is 9.89. The molecule has 0 aliphatic carbocycles. The van der Waals surface area contributed by atoms with E-state index in [2.05, 4.69) is 146 Å². The third-order valence-electron chi connectivity index (χ3n) is 9.50. The first-order valence-corrected chi connectivity index (χ1v) is 17.3. The minimum absolute atomic E-state index is 0.655. The van der Waals surface area contributed by atoms with Crippen LogP contribution in [0.4, 0.5) is 0 Å². The summed E-state index contributed by atoms with van der Waals surface area (Å²) in [6, 6.07) is 58.0. The Hall–Kier alpha value is -6.23. The minimum atomic E-state index is 0.655. The van der Waals surface area contributed by atoms with Crippen molar-refractivity contribution in [3.63, 3.8) is 0 Å². The number of nitrogens with zero attached hydrogens (tertiary/aromatic N) is 3. The van der Waals surface area contributed by atoms with Crippen LogP contribution >= 0.6 is 11.3 Å². The van der Waals surface area contributed by atoms with Gasteiger partial charge in [-0.3, -0.25) is 0 Å². The van der Waals surface area contributed by atoms with Gasteiger partial charge >= 0.3 is 0 Å². The van der Waals surface area contributed by atoms with Gasteiger partial charge in [0.25, 0.3) is 0 Å². The molecule has 0 unspecified atom stereocenters. The fourth-order valence-electron chi connectivity index (χ4n) is 7.22. The third-order valence-corrected chi connectivity index (χ3v) is 10.6. The lowest BCUT2D eigenvalue weighted by Gasteiger charge is -2.15. The number of hydrogen-bond acceptors (Lipinski definition) is 4. The van der Waals surface area contributed by atoms with Gasteiger partial charge in [-0.15, -0.1) is 11.3 Å².